The summed E-state index contributed by atoms with van der Waals surface area (Å²) in [5.74, 6) is 2.14. The number of hydrogen-bond donors (Lipinski definition) is 3. The first-order chi connectivity index (χ1) is 11.9. The highest BCUT2D eigenvalue weighted by Gasteiger charge is 2.29. The van der Waals surface area contributed by atoms with Crippen LogP contribution in [0, 0.1) is 5.92 Å². The molecule has 2 aliphatic rings. The predicted molar refractivity (Wildman–Crippen MR) is 90.7 cm³/mol. The average molecular weight is 326 g/mol. The second-order valence-electron chi connectivity index (χ2n) is 6.16. The van der Waals surface area contributed by atoms with Gasteiger partial charge < -0.3 is 14.8 Å². The molecular formula is C18H22N4O2. The van der Waals surface area contributed by atoms with E-state index in [2.05, 4.69) is 39.4 Å². The summed E-state index contributed by atoms with van der Waals surface area (Å²) in [7, 11) is 0. The molecule has 0 spiro atoms. The van der Waals surface area contributed by atoms with Crippen molar-refractivity contribution in [3.8, 4) is 11.5 Å². The number of pyridine rings is 1. The molecule has 1 saturated heterocycles. The van der Waals surface area contributed by atoms with Gasteiger partial charge in [-0.05, 0) is 29.3 Å². The van der Waals surface area contributed by atoms with Gasteiger partial charge in [-0.15, -0.1) is 0 Å². The van der Waals surface area contributed by atoms with Crippen molar-refractivity contribution in [2.75, 3.05) is 26.3 Å². The molecule has 3 heterocycles. The minimum Gasteiger partial charge on any atom is -0.486 e. The molecule has 2 aliphatic heterocycles. The van der Waals surface area contributed by atoms with Crippen LogP contribution in [0.15, 0.2) is 42.7 Å². The zero-order valence-electron chi connectivity index (χ0n) is 13.5. The molecule has 0 bridgehead atoms. The summed E-state index contributed by atoms with van der Waals surface area (Å²) in [4.78, 5) is 4.15. The summed E-state index contributed by atoms with van der Waals surface area (Å²) in [6, 6.07) is 10.5. The van der Waals surface area contributed by atoms with Crippen LogP contribution < -0.4 is 25.6 Å². The molecule has 0 amide bonds. The molecule has 2 unspecified atom stereocenters. The molecule has 1 aromatic heterocycles. The fourth-order valence-electron chi connectivity index (χ4n) is 3.24. The SMILES string of the molecule is c1cncc(CNCC2CNNC2c2ccc3c(c2)OCCO3)c1. The van der Waals surface area contributed by atoms with E-state index in [1.807, 2.05) is 18.3 Å². The van der Waals surface area contributed by atoms with Gasteiger partial charge in [0.25, 0.3) is 0 Å². The van der Waals surface area contributed by atoms with E-state index in [1.54, 1.807) is 6.20 Å². The molecule has 4 rings (SSSR count). The number of rotatable bonds is 5. The Kier molecular flexibility index (Phi) is 4.60. The number of hydrazine groups is 1. The highest BCUT2D eigenvalue weighted by Crippen LogP contribution is 2.35. The van der Waals surface area contributed by atoms with Gasteiger partial charge in [-0.1, -0.05) is 12.1 Å². The third-order valence-corrected chi connectivity index (χ3v) is 4.48. The van der Waals surface area contributed by atoms with Crippen LogP contribution in [-0.2, 0) is 6.54 Å². The molecule has 1 aromatic carbocycles. The minimum atomic E-state index is 0.252. The van der Waals surface area contributed by atoms with Gasteiger partial charge in [0.1, 0.15) is 13.2 Å². The van der Waals surface area contributed by atoms with Gasteiger partial charge in [0.15, 0.2) is 11.5 Å². The Balaban J connectivity index is 1.39. The number of nitrogens with zero attached hydrogens (tertiary/aromatic N) is 1. The Morgan fingerprint density at radius 1 is 1.17 bits per heavy atom. The van der Waals surface area contributed by atoms with E-state index in [0.717, 1.165) is 31.1 Å². The second kappa shape index (κ2) is 7.17. The summed E-state index contributed by atoms with van der Waals surface area (Å²) >= 11 is 0. The third kappa shape index (κ3) is 3.36. The Bertz CT molecular complexity index is 680. The van der Waals surface area contributed by atoms with Crippen molar-refractivity contribution in [1.29, 1.82) is 0 Å². The van der Waals surface area contributed by atoms with Gasteiger partial charge in [-0.3, -0.25) is 10.4 Å². The summed E-state index contributed by atoms with van der Waals surface area (Å²) in [6.07, 6.45) is 3.70. The van der Waals surface area contributed by atoms with Crippen molar-refractivity contribution in [3.63, 3.8) is 0 Å². The van der Waals surface area contributed by atoms with Crippen LogP contribution in [0.5, 0.6) is 11.5 Å². The van der Waals surface area contributed by atoms with Crippen molar-refractivity contribution in [2.45, 2.75) is 12.6 Å². The van der Waals surface area contributed by atoms with Crippen LogP contribution in [0.25, 0.3) is 0 Å². The zero-order valence-corrected chi connectivity index (χ0v) is 13.5. The standard InChI is InChI=1S/C18H22N4O2/c1-2-13(9-19-5-1)10-20-11-15-12-21-22-18(15)14-3-4-16-17(8-14)24-7-6-23-16/h1-5,8-9,15,18,20-22H,6-7,10-12H2. The van der Waals surface area contributed by atoms with Gasteiger partial charge in [0.05, 0.1) is 6.04 Å². The van der Waals surface area contributed by atoms with Gasteiger partial charge >= 0.3 is 0 Å². The van der Waals surface area contributed by atoms with Crippen molar-refractivity contribution >= 4 is 0 Å². The minimum absolute atomic E-state index is 0.252. The molecule has 0 saturated carbocycles. The van der Waals surface area contributed by atoms with Crippen LogP contribution in [0.3, 0.4) is 0 Å². The first kappa shape index (κ1) is 15.4. The van der Waals surface area contributed by atoms with Crippen LogP contribution in [0.1, 0.15) is 17.2 Å². The normalized spacial score (nSPS) is 22.5. The Morgan fingerprint density at radius 3 is 2.96 bits per heavy atom. The Morgan fingerprint density at radius 2 is 2.08 bits per heavy atom. The second-order valence-corrected chi connectivity index (χ2v) is 6.16. The third-order valence-electron chi connectivity index (χ3n) is 4.48. The van der Waals surface area contributed by atoms with Crippen molar-refractivity contribution in [3.05, 3.63) is 53.9 Å². The van der Waals surface area contributed by atoms with Crippen LogP contribution in [-0.4, -0.2) is 31.3 Å². The highest BCUT2D eigenvalue weighted by molar-refractivity contribution is 5.45. The number of hydrogen-bond acceptors (Lipinski definition) is 6. The lowest BCUT2D eigenvalue weighted by atomic mass is 9.94. The predicted octanol–water partition coefficient (Wildman–Crippen LogP) is 1.41. The van der Waals surface area contributed by atoms with Crippen LogP contribution in [0.4, 0.5) is 0 Å². The molecule has 24 heavy (non-hydrogen) atoms. The van der Waals surface area contributed by atoms with Gasteiger partial charge in [0.2, 0.25) is 0 Å². The van der Waals surface area contributed by atoms with E-state index in [4.69, 9.17) is 9.47 Å². The van der Waals surface area contributed by atoms with E-state index in [0.29, 0.717) is 19.1 Å². The molecule has 0 radical (unpaired) electrons. The highest BCUT2D eigenvalue weighted by atomic mass is 16.6. The number of aromatic nitrogens is 1. The Hall–Kier alpha value is -2.15. The van der Waals surface area contributed by atoms with Gasteiger partial charge in [-0.25, -0.2) is 5.43 Å². The maximum absolute atomic E-state index is 5.70. The number of ether oxygens (including phenoxy) is 2. The van der Waals surface area contributed by atoms with Crippen LogP contribution >= 0.6 is 0 Å². The monoisotopic (exact) mass is 326 g/mol. The smallest absolute Gasteiger partial charge is 0.161 e. The quantitative estimate of drug-likeness (QED) is 0.772. The molecule has 126 valence electrons. The zero-order chi connectivity index (χ0) is 16.2. The molecule has 2 atom stereocenters. The fraction of sp³-hybridized carbons (Fsp3) is 0.389. The molecule has 6 heteroatoms. The van der Waals surface area contributed by atoms with E-state index in [1.165, 1.54) is 11.1 Å². The number of nitrogens with one attached hydrogen (secondary N) is 3. The molecule has 6 nitrogen and oxygen atoms in total. The molecular weight excluding hydrogens is 304 g/mol. The molecule has 2 aromatic rings. The lowest BCUT2D eigenvalue weighted by Gasteiger charge is -2.23. The summed E-state index contributed by atoms with van der Waals surface area (Å²) in [5.41, 5.74) is 9.08. The lowest BCUT2D eigenvalue weighted by Crippen LogP contribution is -2.28. The molecule has 0 aliphatic carbocycles. The summed E-state index contributed by atoms with van der Waals surface area (Å²) in [6.45, 7) is 3.92. The van der Waals surface area contributed by atoms with Crippen molar-refractivity contribution < 1.29 is 9.47 Å². The van der Waals surface area contributed by atoms with E-state index in [-0.39, 0.29) is 6.04 Å². The number of fused-ring (bicyclic) bond motifs is 1. The van der Waals surface area contributed by atoms with E-state index in [9.17, 15) is 0 Å². The largest absolute Gasteiger partial charge is 0.486 e. The van der Waals surface area contributed by atoms with Crippen molar-refractivity contribution in [2.24, 2.45) is 5.92 Å². The fourth-order valence-corrected chi connectivity index (χ4v) is 3.24. The first-order valence-electron chi connectivity index (χ1n) is 8.38. The molecule has 1 fully saturated rings. The molecule has 3 N–H and O–H groups in total. The maximum atomic E-state index is 5.70. The van der Waals surface area contributed by atoms with E-state index >= 15 is 0 Å². The van der Waals surface area contributed by atoms with Crippen LogP contribution in [0.2, 0.25) is 0 Å². The summed E-state index contributed by atoms with van der Waals surface area (Å²) < 4.78 is 11.3. The summed E-state index contributed by atoms with van der Waals surface area (Å²) in [5, 5.41) is 3.53. The lowest BCUT2D eigenvalue weighted by molar-refractivity contribution is 0.171. The average Bonchev–Trinajstić information content (AvgIpc) is 3.11. The van der Waals surface area contributed by atoms with Crippen molar-refractivity contribution in [1.82, 2.24) is 21.2 Å². The first-order valence-corrected chi connectivity index (χ1v) is 8.38. The maximum Gasteiger partial charge on any atom is 0.161 e. The van der Waals surface area contributed by atoms with Gasteiger partial charge in [0, 0.05) is 37.9 Å². The van der Waals surface area contributed by atoms with E-state index < -0.39 is 0 Å². The number of benzene rings is 1. The van der Waals surface area contributed by atoms with Gasteiger partial charge in [-0.2, -0.15) is 0 Å². The topological polar surface area (TPSA) is 67.4 Å². The Labute approximate surface area is 141 Å².